The van der Waals surface area contributed by atoms with Crippen LogP contribution in [-0.2, 0) is 15.3 Å². The first kappa shape index (κ1) is 24.7. The molecule has 0 unspecified atom stereocenters. The van der Waals surface area contributed by atoms with Crippen molar-refractivity contribution < 1.29 is 32.0 Å². The molecule has 2 atom stereocenters. The molecule has 6 nitrogen and oxygen atoms in total. The minimum absolute atomic E-state index is 0.0135. The van der Waals surface area contributed by atoms with E-state index in [0.29, 0.717) is 27.7 Å². The van der Waals surface area contributed by atoms with Gasteiger partial charge in [-0.05, 0) is 58.2 Å². The van der Waals surface area contributed by atoms with E-state index in [0.717, 1.165) is 12.1 Å². The Bertz CT molecular complexity index is 1220. The number of benzene rings is 2. The lowest BCUT2D eigenvalue weighted by molar-refractivity contribution is -0.275. The molecule has 0 bridgehead atoms. The fraction of sp³-hybridized carbons (Fsp3) is 0.286. The highest BCUT2D eigenvalue weighted by molar-refractivity contribution is 9.18. The van der Waals surface area contributed by atoms with Gasteiger partial charge in [0.25, 0.3) is 11.5 Å². The average molecular weight is 583 g/mol. The third kappa shape index (κ3) is 4.48. The standard InChI is InChI=1S/C21H14BrCl2F4N3O3/c1-9-4-10(2-3-12(9)19(32)29-17-7-16(22)31-33-17)15-8-20(34-30-15,21(26,27)28)11-5-13(23)18(25)14(24)6-11/h2-6,17H,7-8H2,1H3,(H,29,32)/t17-,20+/m1/s1. The summed E-state index contributed by atoms with van der Waals surface area (Å²) in [6.07, 6.45) is -5.89. The Labute approximate surface area is 209 Å². The number of oxime groups is 2. The van der Waals surface area contributed by atoms with Crippen LogP contribution in [0, 0.1) is 12.7 Å². The Hall–Kier alpha value is -2.37. The van der Waals surface area contributed by atoms with Gasteiger partial charge in [-0.25, -0.2) is 4.39 Å². The van der Waals surface area contributed by atoms with E-state index >= 15 is 0 Å². The predicted octanol–water partition coefficient (Wildman–Crippen LogP) is 6.21. The molecule has 0 saturated carbocycles. The molecule has 0 aromatic heterocycles. The third-order valence-electron chi connectivity index (χ3n) is 5.37. The molecule has 2 aromatic carbocycles. The van der Waals surface area contributed by atoms with Crippen molar-refractivity contribution in [2.45, 2.75) is 37.8 Å². The van der Waals surface area contributed by atoms with Crippen LogP contribution in [0.25, 0.3) is 0 Å². The highest BCUT2D eigenvalue weighted by atomic mass is 79.9. The first-order valence-corrected chi connectivity index (χ1v) is 11.2. The first-order chi connectivity index (χ1) is 15.9. The molecule has 0 radical (unpaired) electrons. The van der Waals surface area contributed by atoms with Crippen molar-refractivity contribution in [3.05, 3.63) is 68.4 Å². The molecule has 4 rings (SSSR count). The molecule has 0 spiro atoms. The lowest BCUT2D eigenvalue weighted by Gasteiger charge is -2.29. The van der Waals surface area contributed by atoms with Gasteiger partial charge in [-0.1, -0.05) is 39.6 Å². The van der Waals surface area contributed by atoms with Crippen LogP contribution in [-0.4, -0.2) is 28.6 Å². The first-order valence-electron chi connectivity index (χ1n) is 9.68. The summed E-state index contributed by atoms with van der Waals surface area (Å²) in [5.74, 6) is -1.47. The summed E-state index contributed by atoms with van der Waals surface area (Å²) in [5.41, 5.74) is -2.28. The van der Waals surface area contributed by atoms with Crippen LogP contribution in [0.1, 0.15) is 39.9 Å². The summed E-state index contributed by atoms with van der Waals surface area (Å²) in [5, 5.41) is 8.87. The van der Waals surface area contributed by atoms with Gasteiger partial charge in [-0.2, -0.15) is 13.2 Å². The van der Waals surface area contributed by atoms with E-state index in [9.17, 15) is 22.4 Å². The number of carbonyl (C=O) groups is 1. The zero-order valence-corrected chi connectivity index (χ0v) is 20.2. The SMILES string of the molecule is Cc1cc(C2=NO[C@@](c3cc(Cl)c(F)c(Cl)c3)(C(F)(F)F)C2)ccc1C(=O)N[C@H]1CC(Br)=NO1. The largest absolute Gasteiger partial charge is 0.435 e. The lowest BCUT2D eigenvalue weighted by Crippen LogP contribution is -2.42. The summed E-state index contributed by atoms with van der Waals surface area (Å²) in [7, 11) is 0. The van der Waals surface area contributed by atoms with Gasteiger partial charge in [-0.3, -0.25) is 4.79 Å². The summed E-state index contributed by atoms with van der Waals surface area (Å²) >= 11 is 14.6. The fourth-order valence-electron chi connectivity index (χ4n) is 3.59. The quantitative estimate of drug-likeness (QED) is 0.344. The molecule has 180 valence electrons. The molecule has 2 aliphatic heterocycles. The number of hydrogen-bond acceptors (Lipinski definition) is 5. The average Bonchev–Trinajstić information content (AvgIpc) is 3.38. The van der Waals surface area contributed by atoms with E-state index in [4.69, 9.17) is 32.9 Å². The topological polar surface area (TPSA) is 72.3 Å². The highest BCUT2D eigenvalue weighted by Gasteiger charge is 2.62. The number of amides is 1. The number of rotatable bonds is 4. The number of carbonyl (C=O) groups excluding carboxylic acids is 1. The van der Waals surface area contributed by atoms with Gasteiger partial charge in [0, 0.05) is 17.5 Å². The second kappa shape index (κ2) is 9.01. The van der Waals surface area contributed by atoms with Crippen LogP contribution in [0.3, 0.4) is 0 Å². The van der Waals surface area contributed by atoms with Gasteiger partial charge in [0.15, 0.2) is 5.82 Å². The molecular formula is C21H14BrCl2F4N3O3. The van der Waals surface area contributed by atoms with E-state index in [1.165, 1.54) is 18.2 Å². The van der Waals surface area contributed by atoms with Gasteiger partial charge < -0.3 is 15.0 Å². The second-order valence-corrected chi connectivity index (χ2v) is 9.38. The number of nitrogens with one attached hydrogen (secondary N) is 1. The summed E-state index contributed by atoms with van der Waals surface area (Å²) < 4.78 is 56.9. The Balaban J connectivity index is 1.59. The molecule has 2 heterocycles. The predicted molar refractivity (Wildman–Crippen MR) is 121 cm³/mol. The van der Waals surface area contributed by atoms with Gasteiger partial charge in [0.05, 0.1) is 22.2 Å². The van der Waals surface area contributed by atoms with Crippen LogP contribution in [0.15, 0.2) is 40.6 Å². The maximum absolute atomic E-state index is 14.2. The number of aryl methyl sites for hydroxylation is 1. The van der Waals surface area contributed by atoms with Crippen molar-refractivity contribution >= 4 is 55.4 Å². The molecule has 1 amide bonds. The van der Waals surface area contributed by atoms with Crippen molar-refractivity contribution in [3.63, 3.8) is 0 Å². The summed E-state index contributed by atoms with van der Waals surface area (Å²) in [4.78, 5) is 22.5. The Morgan fingerprint density at radius 1 is 1.21 bits per heavy atom. The molecule has 0 saturated heterocycles. The molecule has 2 aliphatic rings. The smallest absolute Gasteiger partial charge is 0.374 e. The van der Waals surface area contributed by atoms with E-state index in [-0.39, 0.29) is 5.71 Å². The van der Waals surface area contributed by atoms with Crippen LogP contribution < -0.4 is 5.32 Å². The Morgan fingerprint density at radius 2 is 1.88 bits per heavy atom. The number of nitrogens with zero attached hydrogens (tertiary/aromatic N) is 2. The van der Waals surface area contributed by atoms with Crippen LogP contribution in [0.4, 0.5) is 17.6 Å². The summed E-state index contributed by atoms with van der Waals surface area (Å²) in [6, 6.07) is 6.09. The van der Waals surface area contributed by atoms with Crippen LogP contribution in [0.5, 0.6) is 0 Å². The van der Waals surface area contributed by atoms with E-state index in [1.807, 2.05) is 0 Å². The maximum Gasteiger partial charge on any atom is 0.435 e. The fourth-order valence-corrected chi connectivity index (χ4v) is 4.46. The third-order valence-corrected chi connectivity index (χ3v) is 6.38. The van der Waals surface area contributed by atoms with Gasteiger partial charge >= 0.3 is 6.18 Å². The zero-order valence-electron chi connectivity index (χ0n) is 17.1. The molecule has 1 N–H and O–H groups in total. The molecule has 0 fully saturated rings. The minimum Gasteiger partial charge on any atom is -0.374 e. The maximum atomic E-state index is 14.2. The van der Waals surface area contributed by atoms with Crippen LogP contribution in [0.2, 0.25) is 10.0 Å². The Morgan fingerprint density at radius 3 is 2.44 bits per heavy atom. The number of alkyl halides is 3. The molecule has 2 aromatic rings. The normalized spacial score (nSPS) is 22.1. The van der Waals surface area contributed by atoms with Crippen molar-refractivity contribution in [1.82, 2.24) is 5.32 Å². The number of halogens is 7. The molecule has 34 heavy (non-hydrogen) atoms. The monoisotopic (exact) mass is 581 g/mol. The number of hydrogen-bond donors (Lipinski definition) is 1. The second-order valence-electron chi connectivity index (χ2n) is 7.65. The minimum atomic E-state index is -4.92. The lowest BCUT2D eigenvalue weighted by atomic mass is 9.86. The van der Waals surface area contributed by atoms with Gasteiger partial charge in [-0.15, -0.1) is 0 Å². The van der Waals surface area contributed by atoms with Crippen molar-refractivity contribution in [2.24, 2.45) is 10.3 Å². The van der Waals surface area contributed by atoms with E-state index < -0.39 is 51.8 Å². The van der Waals surface area contributed by atoms with Gasteiger partial charge in [0.1, 0.15) is 4.62 Å². The van der Waals surface area contributed by atoms with Crippen molar-refractivity contribution in [3.8, 4) is 0 Å². The molecule has 13 heteroatoms. The molecule has 0 aliphatic carbocycles. The molecular weight excluding hydrogens is 569 g/mol. The van der Waals surface area contributed by atoms with Crippen LogP contribution >= 0.6 is 39.1 Å². The Kier molecular flexibility index (Phi) is 6.56. The zero-order chi connectivity index (χ0) is 24.8. The van der Waals surface area contributed by atoms with E-state index in [2.05, 4.69) is 31.6 Å². The van der Waals surface area contributed by atoms with E-state index in [1.54, 1.807) is 6.92 Å². The van der Waals surface area contributed by atoms with Crippen molar-refractivity contribution in [1.29, 1.82) is 0 Å². The highest BCUT2D eigenvalue weighted by Crippen LogP contribution is 2.50. The summed E-state index contributed by atoms with van der Waals surface area (Å²) in [6.45, 7) is 1.63. The van der Waals surface area contributed by atoms with Gasteiger partial charge in [0.2, 0.25) is 6.23 Å². The van der Waals surface area contributed by atoms with Crippen molar-refractivity contribution in [2.75, 3.05) is 0 Å².